The molecular formula is C13H18N2O5S. The van der Waals surface area contributed by atoms with E-state index in [1.165, 1.54) is 31.4 Å². The fourth-order valence-corrected chi connectivity index (χ4v) is 3.32. The number of methoxy groups -OCH3 is 1. The Hall–Kier alpha value is -1.93. The molecule has 1 aromatic rings. The SMILES string of the molecule is COC(=O)c1ccc(S(=O)(=O)N(CC(N)=O)C(C)C)cc1. The Morgan fingerprint density at radius 2 is 1.76 bits per heavy atom. The zero-order chi connectivity index (χ0) is 16.2. The molecule has 0 saturated heterocycles. The van der Waals surface area contributed by atoms with E-state index in [4.69, 9.17) is 5.73 Å². The first-order chi connectivity index (χ1) is 9.70. The number of esters is 1. The number of benzene rings is 1. The van der Waals surface area contributed by atoms with Gasteiger partial charge in [0.1, 0.15) is 0 Å². The summed E-state index contributed by atoms with van der Waals surface area (Å²) < 4.78 is 30.5. The molecule has 0 aliphatic heterocycles. The van der Waals surface area contributed by atoms with Gasteiger partial charge in [-0.2, -0.15) is 4.31 Å². The minimum Gasteiger partial charge on any atom is -0.465 e. The van der Waals surface area contributed by atoms with Crippen LogP contribution in [-0.2, 0) is 19.6 Å². The van der Waals surface area contributed by atoms with Gasteiger partial charge < -0.3 is 10.5 Å². The molecule has 0 aliphatic carbocycles. The number of carbonyl (C=O) groups is 2. The minimum absolute atomic E-state index is 0.0231. The number of nitrogens with zero attached hydrogens (tertiary/aromatic N) is 1. The summed E-state index contributed by atoms with van der Waals surface area (Å²) in [6, 6.07) is 4.85. The molecular weight excluding hydrogens is 296 g/mol. The highest BCUT2D eigenvalue weighted by atomic mass is 32.2. The van der Waals surface area contributed by atoms with Crippen LogP contribution in [0.3, 0.4) is 0 Å². The number of amides is 1. The lowest BCUT2D eigenvalue weighted by atomic mass is 10.2. The summed E-state index contributed by atoms with van der Waals surface area (Å²) in [5.41, 5.74) is 5.32. The van der Waals surface area contributed by atoms with Gasteiger partial charge in [-0.05, 0) is 38.1 Å². The summed E-state index contributed by atoms with van der Waals surface area (Å²) in [6.45, 7) is 2.88. The predicted molar refractivity (Wildman–Crippen MR) is 76.0 cm³/mol. The van der Waals surface area contributed by atoms with Gasteiger partial charge in [-0.3, -0.25) is 4.79 Å². The fourth-order valence-electron chi connectivity index (χ4n) is 1.71. The lowest BCUT2D eigenvalue weighted by molar-refractivity contribution is -0.118. The van der Waals surface area contributed by atoms with Crippen LogP contribution < -0.4 is 5.73 Å². The molecule has 0 aliphatic rings. The molecule has 7 nitrogen and oxygen atoms in total. The van der Waals surface area contributed by atoms with Crippen molar-refractivity contribution in [1.82, 2.24) is 4.31 Å². The van der Waals surface area contributed by atoms with Crippen LogP contribution in [0.25, 0.3) is 0 Å². The molecule has 1 aromatic carbocycles. The molecule has 2 N–H and O–H groups in total. The van der Waals surface area contributed by atoms with Crippen LogP contribution in [0.5, 0.6) is 0 Å². The third-order valence-electron chi connectivity index (χ3n) is 2.77. The van der Waals surface area contributed by atoms with E-state index in [0.717, 1.165) is 4.31 Å². The molecule has 8 heteroatoms. The number of hydrogen-bond donors (Lipinski definition) is 1. The van der Waals surface area contributed by atoms with Gasteiger partial charge in [-0.25, -0.2) is 13.2 Å². The number of ether oxygens (including phenoxy) is 1. The highest BCUT2D eigenvalue weighted by molar-refractivity contribution is 7.89. The van der Waals surface area contributed by atoms with Gasteiger partial charge in [0.25, 0.3) is 0 Å². The average Bonchev–Trinajstić information content (AvgIpc) is 2.43. The van der Waals surface area contributed by atoms with Gasteiger partial charge in [0.15, 0.2) is 0 Å². The standard InChI is InChI=1S/C13H18N2O5S/c1-9(2)15(8-12(14)16)21(18,19)11-6-4-10(5-7-11)13(17)20-3/h4-7,9H,8H2,1-3H3,(H2,14,16). The van der Waals surface area contributed by atoms with E-state index in [2.05, 4.69) is 4.74 Å². The zero-order valence-corrected chi connectivity index (χ0v) is 12.9. The van der Waals surface area contributed by atoms with Gasteiger partial charge in [0.05, 0.1) is 24.1 Å². The maximum absolute atomic E-state index is 12.5. The Morgan fingerprint density at radius 3 is 2.14 bits per heavy atom. The molecule has 21 heavy (non-hydrogen) atoms. The Bertz CT molecular complexity index is 622. The number of primary amides is 1. The summed E-state index contributed by atoms with van der Waals surface area (Å²) in [5.74, 6) is -1.30. The maximum atomic E-state index is 12.5. The van der Waals surface area contributed by atoms with Crippen LogP contribution >= 0.6 is 0 Å². The van der Waals surface area contributed by atoms with Crippen molar-refractivity contribution in [2.45, 2.75) is 24.8 Å². The summed E-state index contributed by atoms with van der Waals surface area (Å²) in [5, 5.41) is 0. The lowest BCUT2D eigenvalue weighted by Gasteiger charge is -2.24. The third-order valence-corrected chi connectivity index (χ3v) is 4.81. The van der Waals surface area contributed by atoms with Gasteiger partial charge >= 0.3 is 5.97 Å². The Labute approximate surface area is 123 Å². The van der Waals surface area contributed by atoms with Gasteiger partial charge in [-0.15, -0.1) is 0 Å². The van der Waals surface area contributed by atoms with Crippen molar-refractivity contribution in [1.29, 1.82) is 0 Å². The molecule has 1 rings (SSSR count). The molecule has 1 amide bonds. The average molecular weight is 314 g/mol. The second-order valence-electron chi connectivity index (χ2n) is 4.63. The first-order valence-corrected chi connectivity index (χ1v) is 7.62. The van der Waals surface area contributed by atoms with Crippen molar-refractivity contribution >= 4 is 21.9 Å². The van der Waals surface area contributed by atoms with Crippen LogP contribution in [0.2, 0.25) is 0 Å². The molecule has 0 heterocycles. The van der Waals surface area contributed by atoms with E-state index >= 15 is 0 Å². The van der Waals surface area contributed by atoms with Crippen LogP contribution in [0, 0.1) is 0 Å². The minimum atomic E-state index is -3.86. The fraction of sp³-hybridized carbons (Fsp3) is 0.385. The molecule has 0 unspecified atom stereocenters. The van der Waals surface area contributed by atoms with Crippen molar-refractivity contribution in [2.24, 2.45) is 5.73 Å². The first-order valence-electron chi connectivity index (χ1n) is 6.18. The lowest BCUT2D eigenvalue weighted by Crippen LogP contribution is -2.42. The largest absolute Gasteiger partial charge is 0.465 e. The summed E-state index contributed by atoms with van der Waals surface area (Å²) in [7, 11) is -2.63. The number of rotatable bonds is 6. The van der Waals surface area contributed by atoms with Crippen molar-refractivity contribution in [3.05, 3.63) is 29.8 Å². The number of carbonyl (C=O) groups excluding carboxylic acids is 2. The van der Waals surface area contributed by atoms with Crippen molar-refractivity contribution in [3.8, 4) is 0 Å². The van der Waals surface area contributed by atoms with Gasteiger partial charge in [-0.1, -0.05) is 0 Å². The predicted octanol–water partition coefficient (Wildman–Crippen LogP) is 0.358. The summed E-state index contributed by atoms with van der Waals surface area (Å²) in [4.78, 5) is 22.3. The normalized spacial score (nSPS) is 11.7. The van der Waals surface area contributed by atoms with E-state index in [-0.39, 0.29) is 10.5 Å². The second-order valence-corrected chi connectivity index (χ2v) is 6.52. The van der Waals surface area contributed by atoms with Crippen molar-refractivity contribution < 1.29 is 22.7 Å². The van der Waals surface area contributed by atoms with E-state index in [0.29, 0.717) is 0 Å². The van der Waals surface area contributed by atoms with Crippen LogP contribution in [-0.4, -0.2) is 44.3 Å². The third kappa shape index (κ3) is 4.02. The molecule has 116 valence electrons. The highest BCUT2D eigenvalue weighted by Crippen LogP contribution is 2.18. The smallest absolute Gasteiger partial charge is 0.337 e. The molecule has 0 bridgehead atoms. The zero-order valence-electron chi connectivity index (χ0n) is 12.1. The monoisotopic (exact) mass is 314 g/mol. The Kier molecular flexibility index (Phi) is 5.45. The second kappa shape index (κ2) is 6.68. The van der Waals surface area contributed by atoms with Crippen LogP contribution in [0.4, 0.5) is 0 Å². The molecule has 0 fully saturated rings. The molecule has 0 saturated carbocycles. The number of hydrogen-bond acceptors (Lipinski definition) is 5. The van der Waals surface area contributed by atoms with Crippen LogP contribution in [0.15, 0.2) is 29.2 Å². The molecule has 0 spiro atoms. The molecule has 0 atom stereocenters. The molecule has 0 radical (unpaired) electrons. The summed E-state index contributed by atoms with van der Waals surface area (Å²) >= 11 is 0. The number of nitrogens with two attached hydrogens (primary N) is 1. The van der Waals surface area contributed by atoms with E-state index in [1.54, 1.807) is 13.8 Å². The highest BCUT2D eigenvalue weighted by Gasteiger charge is 2.28. The van der Waals surface area contributed by atoms with E-state index in [1.807, 2.05) is 0 Å². The van der Waals surface area contributed by atoms with Crippen molar-refractivity contribution in [2.75, 3.05) is 13.7 Å². The van der Waals surface area contributed by atoms with E-state index < -0.39 is 34.5 Å². The Morgan fingerprint density at radius 1 is 1.24 bits per heavy atom. The maximum Gasteiger partial charge on any atom is 0.337 e. The van der Waals surface area contributed by atoms with Crippen molar-refractivity contribution in [3.63, 3.8) is 0 Å². The first kappa shape index (κ1) is 17.1. The summed E-state index contributed by atoms with van der Waals surface area (Å²) in [6.07, 6.45) is 0. The van der Waals surface area contributed by atoms with Gasteiger partial charge in [0.2, 0.25) is 15.9 Å². The Balaban J connectivity index is 3.16. The topological polar surface area (TPSA) is 107 Å². The molecule has 0 aromatic heterocycles. The van der Waals surface area contributed by atoms with Gasteiger partial charge in [0, 0.05) is 6.04 Å². The van der Waals surface area contributed by atoms with Crippen LogP contribution in [0.1, 0.15) is 24.2 Å². The quantitative estimate of drug-likeness (QED) is 0.763. The number of sulfonamides is 1. The van der Waals surface area contributed by atoms with E-state index in [9.17, 15) is 18.0 Å².